The van der Waals surface area contributed by atoms with Crippen LogP contribution < -0.4 is 19.1 Å². The number of benzene rings is 2. The number of aryl methyl sites for hydroxylation is 1. The van der Waals surface area contributed by atoms with Crippen molar-refractivity contribution in [3.05, 3.63) is 54.1 Å². The zero-order valence-electron chi connectivity index (χ0n) is 17.1. The van der Waals surface area contributed by atoms with Gasteiger partial charge in [-0.1, -0.05) is 23.8 Å². The third kappa shape index (κ3) is 7.65. The predicted octanol–water partition coefficient (Wildman–Crippen LogP) is 2.75. The van der Waals surface area contributed by atoms with Gasteiger partial charge in [-0.15, -0.1) is 0 Å². The molecule has 29 heavy (non-hydrogen) atoms. The van der Waals surface area contributed by atoms with Gasteiger partial charge in [0.1, 0.15) is 18.1 Å². The molecule has 158 valence electrons. The maximum absolute atomic E-state index is 12.1. The van der Waals surface area contributed by atoms with Gasteiger partial charge in [-0.3, -0.25) is 9.10 Å². The molecular formula is C21H28N2O5S. The number of nitrogens with zero attached hydrogens (tertiary/aromatic N) is 1. The molecule has 0 spiro atoms. The van der Waals surface area contributed by atoms with Gasteiger partial charge in [-0.25, -0.2) is 8.42 Å². The van der Waals surface area contributed by atoms with Crippen molar-refractivity contribution in [1.29, 1.82) is 0 Å². The summed E-state index contributed by atoms with van der Waals surface area (Å²) in [6.07, 6.45) is 1.82. The van der Waals surface area contributed by atoms with Crippen LogP contribution in [0, 0.1) is 6.92 Å². The Hall–Kier alpha value is -2.74. The van der Waals surface area contributed by atoms with Crippen molar-refractivity contribution in [3.63, 3.8) is 0 Å². The summed E-state index contributed by atoms with van der Waals surface area (Å²) < 4.78 is 36.2. The maximum Gasteiger partial charge on any atom is 0.232 e. The van der Waals surface area contributed by atoms with E-state index in [1.807, 2.05) is 37.3 Å². The Bertz CT molecular complexity index is 898. The highest BCUT2D eigenvalue weighted by molar-refractivity contribution is 7.92. The summed E-state index contributed by atoms with van der Waals surface area (Å²) >= 11 is 0. The van der Waals surface area contributed by atoms with Crippen molar-refractivity contribution in [2.75, 3.05) is 37.4 Å². The molecule has 0 heterocycles. The molecule has 0 atom stereocenters. The monoisotopic (exact) mass is 420 g/mol. The van der Waals surface area contributed by atoms with Gasteiger partial charge in [0.15, 0.2) is 0 Å². The Morgan fingerprint density at radius 1 is 1.10 bits per heavy atom. The zero-order valence-corrected chi connectivity index (χ0v) is 17.9. The Morgan fingerprint density at radius 2 is 1.79 bits per heavy atom. The topological polar surface area (TPSA) is 84.9 Å². The number of hydrogen-bond acceptors (Lipinski definition) is 5. The van der Waals surface area contributed by atoms with Gasteiger partial charge in [0.2, 0.25) is 15.9 Å². The number of methoxy groups -OCH3 is 1. The Balaban J connectivity index is 1.74. The average Bonchev–Trinajstić information content (AvgIpc) is 2.69. The highest BCUT2D eigenvalue weighted by Gasteiger charge is 2.17. The number of carbonyl (C=O) groups is 1. The van der Waals surface area contributed by atoms with Gasteiger partial charge in [0.25, 0.3) is 0 Å². The molecule has 2 aromatic rings. The van der Waals surface area contributed by atoms with E-state index >= 15 is 0 Å². The van der Waals surface area contributed by atoms with Crippen LogP contribution in [0.25, 0.3) is 0 Å². The fraction of sp³-hybridized carbons (Fsp3) is 0.381. The Morgan fingerprint density at radius 3 is 2.45 bits per heavy atom. The molecule has 0 aliphatic carbocycles. The Kier molecular flexibility index (Phi) is 8.33. The van der Waals surface area contributed by atoms with Crippen LogP contribution in [0.2, 0.25) is 0 Å². The summed E-state index contributed by atoms with van der Waals surface area (Å²) in [6, 6.07) is 14.5. The predicted molar refractivity (Wildman–Crippen MR) is 114 cm³/mol. The molecule has 8 heteroatoms. The molecule has 0 aliphatic rings. The molecule has 0 saturated heterocycles. The van der Waals surface area contributed by atoms with Gasteiger partial charge in [-0.05, 0) is 37.6 Å². The van der Waals surface area contributed by atoms with Crippen LogP contribution in [-0.4, -0.2) is 47.4 Å². The first-order valence-corrected chi connectivity index (χ1v) is 11.2. The molecule has 0 unspecified atom stereocenters. The zero-order chi connectivity index (χ0) is 21.3. The third-order valence-corrected chi connectivity index (χ3v) is 5.42. The fourth-order valence-corrected chi connectivity index (χ4v) is 3.68. The van der Waals surface area contributed by atoms with Gasteiger partial charge < -0.3 is 14.8 Å². The molecule has 0 radical (unpaired) electrons. The minimum Gasteiger partial charge on any atom is -0.497 e. The largest absolute Gasteiger partial charge is 0.497 e. The average molecular weight is 421 g/mol. The second-order valence-corrected chi connectivity index (χ2v) is 8.56. The van der Waals surface area contributed by atoms with Crippen LogP contribution in [0.1, 0.15) is 18.4 Å². The van der Waals surface area contributed by atoms with Crippen LogP contribution >= 0.6 is 0 Å². The molecule has 0 saturated carbocycles. The van der Waals surface area contributed by atoms with Gasteiger partial charge in [0, 0.05) is 19.0 Å². The SMILES string of the molecule is COc1cccc(OCCNC(=O)CCCN(c2ccc(C)cc2)S(C)(=O)=O)c1. The van der Waals surface area contributed by atoms with Crippen LogP contribution in [0.5, 0.6) is 11.5 Å². The van der Waals surface area contributed by atoms with E-state index in [1.165, 1.54) is 10.6 Å². The van der Waals surface area contributed by atoms with Gasteiger partial charge >= 0.3 is 0 Å². The van der Waals surface area contributed by atoms with Crippen LogP contribution in [-0.2, 0) is 14.8 Å². The van der Waals surface area contributed by atoms with E-state index in [2.05, 4.69) is 5.32 Å². The summed E-state index contributed by atoms with van der Waals surface area (Å²) in [7, 11) is -1.83. The first-order chi connectivity index (χ1) is 13.8. The van der Waals surface area contributed by atoms with Crippen molar-refractivity contribution < 1.29 is 22.7 Å². The molecule has 7 nitrogen and oxygen atoms in total. The third-order valence-electron chi connectivity index (χ3n) is 4.22. The summed E-state index contributed by atoms with van der Waals surface area (Å²) in [6.45, 7) is 2.88. The van der Waals surface area contributed by atoms with Crippen LogP contribution in [0.4, 0.5) is 5.69 Å². The molecule has 0 fully saturated rings. The number of carbonyl (C=O) groups excluding carboxylic acids is 1. The Labute approximate surface area is 172 Å². The summed E-state index contributed by atoms with van der Waals surface area (Å²) in [4.78, 5) is 12.0. The standard InChI is InChI=1S/C21H28N2O5S/c1-17-9-11-18(12-10-17)23(29(3,25)26)14-5-8-21(24)22-13-15-28-20-7-4-6-19(16-20)27-2/h4,6-7,9-12,16H,5,8,13-15H2,1-3H3,(H,22,24). The lowest BCUT2D eigenvalue weighted by Gasteiger charge is -2.22. The number of sulfonamides is 1. The molecule has 1 amide bonds. The number of hydrogen-bond donors (Lipinski definition) is 1. The normalized spacial score (nSPS) is 11.0. The number of amides is 1. The number of anilines is 1. The molecule has 0 aromatic heterocycles. The van der Waals surface area contributed by atoms with Crippen molar-refractivity contribution >= 4 is 21.6 Å². The van der Waals surface area contributed by atoms with E-state index in [-0.39, 0.29) is 18.9 Å². The summed E-state index contributed by atoms with van der Waals surface area (Å²) in [5.74, 6) is 1.23. The second-order valence-electron chi connectivity index (χ2n) is 6.65. The molecule has 2 aromatic carbocycles. The van der Waals surface area contributed by atoms with E-state index in [0.717, 1.165) is 5.56 Å². The quantitative estimate of drug-likeness (QED) is 0.565. The second kappa shape index (κ2) is 10.7. The van der Waals surface area contributed by atoms with E-state index in [0.29, 0.717) is 36.8 Å². The first-order valence-electron chi connectivity index (χ1n) is 9.37. The smallest absolute Gasteiger partial charge is 0.232 e. The first kappa shape index (κ1) is 22.5. The molecule has 0 bridgehead atoms. The number of nitrogens with one attached hydrogen (secondary N) is 1. The minimum absolute atomic E-state index is 0.142. The van der Waals surface area contributed by atoms with Gasteiger partial charge in [0.05, 0.1) is 25.6 Å². The van der Waals surface area contributed by atoms with Crippen molar-refractivity contribution in [3.8, 4) is 11.5 Å². The highest BCUT2D eigenvalue weighted by atomic mass is 32.2. The summed E-state index contributed by atoms with van der Waals surface area (Å²) in [5, 5.41) is 2.78. The molecule has 2 rings (SSSR count). The van der Waals surface area contributed by atoms with Crippen LogP contribution in [0.15, 0.2) is 48.5 Å². The minimum atomic E-state index is -3.41. The molecule has 0 aliphatic heterocycles. The fourth-order valence-electron chi connectivity index (χ4n) is 2.72. The van der Waals surface area contributed by atoms with E-state index in [4.69, 9.17) is 9.47 Å². The molecule has 1 N–H and O–H groups in total. The van der Waals surface area contributed by atoms with E-state index in [9.17, 15) is 13.2 Å². The lowest BCUT2D eigenvalue weighted by Crippen LogP contribution is -2.32. The maximum atomic E-state index is 12.1. The lowest BCUT2D eigenvalue weighted by atomic mass is 10.2. The van der Waals surface area contributed by atoms with Crippen molar-refractivity contribution in [1.82, 2.24) is 5.32 Å². The molecular weight excluding hydrogens is 392 g/mol. The van der Waals surface area contributed by atoms with Gasteiger partial charge in [-0.2, -0.15) is 0 Å². The van der Waals surface area contributed by atoms with E-state index in [1.54, 1.807) is 25.3 Å². The van der Waals surface area contributed by atoms with E-state index < -0.39 is 10.0 Å². The lowest BCUT2D eigenvalue weighted by molar-refractivity contribution is -0.121. The summed E-state index contributed by atoms with van der Waals surface area (Å²) in [5.41, 5.74) is 1.66. The van der Waals surface area contributed by atoms with Crippen molar-refractivity contribution in [2.45, 2.75) is 19.8 Å². The highest BCUT2D eigenvalue weighted by Crippen LogP contribution is 2.19. The van der Waals surface area contributed by atoms with Crippen LogP contribution in [0.3, 0.4) is 0 Å². The van der Waals surface area contributed by atoms with Crippen molar-refractivity contribution in [2.24, 2.45) is 0 Å². The number of ether oxygens (including phenoxy) is 2. The number of rotatable bonds is 11.